The van der Waals surface area contributed by atoms with Crippen LogP contribution in [0.1, 0.15) is 31.7 Å². The third kappa shape index (κ3) is 2.48. The Kier molecular flexibility index (Phi) is 3.35. The van der Waals surface area contributed by atoms with E-state index in [9.17, 15) is 9.59 Å². The second kappa shape index (κ2) is 4.68. The highest BCUT2D eigenvalue weighted by Crippen LogP contribution is 2.48. The van der Waals surface area contributed by atoms with E-state index in [0.717, 1.165) is 12.0 Å². The number of carboxylic acids is 1. The van der Waals surface area contributed by atoms with Gasteiger partial charge < -0.3 is 10.0 Å². The molecule has 2 unspecified atom stereocenters. The highest BCUT2D eigenvalue weighted by molar-refractivity contribution is 5.89. The molecule has 1 aliphatic carbocycles. The third-order valence-electron chi connectivity index (χ3n) is 4.03. The summed E-state index contributed by atoms with van der Waals surface area (Å²) in [5, 5.41) is 9.15. The van der Waals surface area contributed by atoms with E-state index in [1.165, 1.54) is 4.90 Å². The summed E-state index contributed by atoms with van der Waals surface area (Å²) >= 11 is 0. The average molecular weight is 261 g/mol. The normalized spacial score (nSPS) is 21.8. The molecule has 0 aliphatic heterocycles. The number of rotatable bonds is 4. The van der Waals surface area contributed by atoms with Gasteiger partial charge in [-0.2, -0.15) is 0 Å². The van der Waals surface area contributed by atoms with Crippen molar-refractivity contribution in [3.8, 4) is 0 Å². The molecule has 1 saturated carbocycles. The SMILES string of the molecule is CN(C(=O)C1CC1c1ccccc1)C(C)(C)C(=O)O. The molecule has 1 aromatic rings. The summed E-state index contributed by atoms with van der Waals surface area (Å²) in [6, 6.07) is 9.89. The summed E-state index contributed by atoms with van der Waals surface area (Å²) in [5.41, 5.74) is -0.0108. The lowest BCUT2D eigenvalue weighted by atomic mass is 10.0. The van der Waals surface area contributed by atoms with Gasteiger partial charge >= 0.3 is 5.97 Å². The van der Waals surface area contributed by atoms with Crippen LogP contribution in [0.15, 0.2) is 30.3 Å². The maximum Gasteiger partial charge on any atom is 0.329 e. The van der Waals surface area contributed by atoms with Gasteiger partial charge in [0.25, 0.3) is 0 Å². The van der Waals surface area contributed by atoms with E-state index >= 15 is 0 Å². The van der Waals surface area contributed by atoms with Crippen LogP contribution in [0.2, 0.25) is 0 Å². The van der Waals surface area contributed by atoms with Gasteiger partial charge in [0.1, 0.15) is 5.54 Å². The Hall–Kier alpha value is -1.84. The van der Waals surface area contributed by atoms with Gasteiger partial charge in [0.05, 0.1) is 0 Å². The lowest BCUT2D eigenvalue weighted by molar-refractivity contribution is -0.155. The number of benzene rings is 1. The Morgan fingerprint density at radius 2 is 1.84 bits per heavy atom. The standard InChI is InChI=1S/C15H19NO3/c1-15(2,14(18)19)16(3)13(17)12-9-11(12)10-7-5-4-6-8-10/h4-8,11-12H,9H2,1-3H3,(H,18,19). The number of aliphatic carboxylic acids is 1. The molecule has 1 aromatic carbocycles. The highest BCUT2D eigenvalue weighted by Gasteiger charge is 2.48. The number of nitrogens with zero attached hydrogens (tertiary/aromatic N) is 1. The van der Waals surface area contributed by atoms with Gasteiger partial charge in [-0.05, 0) is 31.7 Å². The fourth-order valence-corrected chi connectivity index (χ4v) is 2.20. The van der Waals surface area contributed by atoms with Crippen molar-refractivity contribution in [3.63, 3.8) is 0 Å². The van der Waals surface area contributed by atoms with Crippen LogP contribution < -0.4 is 0 Å². The van der Waals surface area contributed by atoms with E-state index in [1.54, 1.807) is 20.9 Å². The van der Waals surface area contributed by atoms with Crippen molar-refractivity contribution in [1.82, 2.24) is 4.90 Å². The minimum absolute atomic E-state index is 0.0778. The smallest absolute Gasteiger partial charge is 0.329 e. The molecule has 1 aliphatic rings. The van der Waals surface area contributed by atoms with Gasteiger partial charge in [-0.3, -0.25) is 4.79 Å². The number of carboxylic acid groups (broad SMARTS) is 1. The molecule has 0 spiro atoms. The first kappa shape index (κ1) is 13.6. The van der Waals surface area contributed by atoms with E-state index in [-0.39, 0.29) is 17.7 Å². The third-order valence-corrected chi connectivity index (χ3v) is 4.03. The summed E-state index contributed by atoms with van der Waals surface area (Å²) in [5.74, 6) is -0.909. The van der Waals surface area contributed by atoms with E-state index in [1.807, 2.05) is 30.3 Å². The van der Waals surface area contributed by atoms with Crippen LogP contribution in [-0.2, 0) is 9.59 Å². The molecule has 102 valence electrons. The van der Waals surface area contributed by atoms with E-state index in [2.05, 4.69) is 0 Å². The molecule has 0 aromatic heterocycles. The van der Waals surface area contributed by atoms with Crippen molar-refractivity contribution in [2.45, 2.75) is 31.7 Å². The molecule has 2 atom stereocenters. The number of carbonyl (C=O) groups excluding carboxylic acids is 1. The van der Waals surface area contributed by atoms with Gasteiger partial charge in [0.2, 0.25) is 5.91 Å². The van der Waals surface area contributed by atoms with Gasteiger partial charge in [0.15, 0.2) is 0 Å². The molecular weight excluding hydrogens is 242 g/mol. The second-order valence-corrected chi connectivity index (χ2v) is 5.62. The monoisotopic (exact) mass is 261 g/mol. The first-order chi connectivity index (χ1) is 8.85. The van der Waals surface area contributed by atoms with E-state index < -0.39 is 11.5 Å². The summed E-state index contributed by atoms with van der Waals surface area (Å²) in [7, 11) is 1.57. The topological polar surface area (TPSA) is 57.6 Å². The maximum atomic E-state index is 12.3. The zero-order chi connectivity index (χ0) is 14.2. The molecule has 1 amide bonds. The van der Waals surface area contributed by atoms with Crippen LogP contribution in [-0.4, -0.2) is 34.5 Å². The Balaban J connectivity index is 2.06. The molecule has 19 heavy (non-hydrogen) atoms. The van der Waals surface area contributed by atoms with Crippen molar-refractivity contribution in [3.05, 3.63) is 35.9 Å². The minimum atomic E-state index is -1.17. The number of carbonyl (C=O) groups is 2. The first-order valence-electron chi connectivity index (χ1n) is 6.41. The number of hydrogen-bond acceptors (Lipinski definition) is 2. The van der Waals surface area contributed by atoms with Gasteiger partial charge in [-0.15, -0.1) is 0 Å². The number of amides is 1. The Bertz CT molecular complexity index is 495. The molecule has 1 N–H and O–H groups in total. The molecule has 0 saturated heterocycles. The molecule has 4 nitrogen and oxygen atoms in total. The predicted molar refractivity (Wildman–Crippen MR) is 71.8 cm³/mol. The molecule has 1 fully saturated rings. The van der Waals surface area contributed by atoms with Crippen molar-refractivity contribution in [1.29, 1.82) is 0 Å². The van der Waals surface area contributed by atoms with Gasteiger partial charge in [-0.25, -0.2) is 4.79 Å². The molecule has 0 radical (unpaired) electrons. The molecule has 4 heteroatoms. The van der Waals surface area contributed by atoms with E-state index in [4.69, 9.17) is 5.11 Å². The van der Waals surface area contributed by atoms with Gasteiger partial charge in [0, 0.05) is 13.0 Å². The van der Waals surface area contributed by atoms with Crippen molar-refractivity contribution in [2.75, 3.05) is 7.05 Å². The van der Waals surface area contributed by atoms with Gasteiger partial charge in [-0.1, -0.05) is 30.3 Å². The lowest BCUT2D eigenvalue weighted by Gasteiger charge is -2.31. The zero-order valence-electron chi connectivity index (χ0n) is 11.5. The molecular formula is C15H19NO3. The van der Waals surface area contributed by atoms with Crippen LogP contribution in [0.4, 0.5) is 0 Å². The zero-order valence-corrected chi connectivity index (χ0v) is 11.5. The lowest BCUT2D eigenvalue weighted by Crippen LogP contribution is -2.51. The summed E-state index contributed by atoms with van der Waals surface area (Å²) in [4.78, 5) is 24.8. The predicted octanol–water partition coefficient (Wildman–Crippen LogP) is 2.11. The fourth-order valence-electron chi connectivity index (χ4n) is 2.20. The van der Waals surface area contributed by atoms with Crippen LogP contribution in [0.25, 0.3) is 0 Å². The maximum absolute atomic E-state index is 12.3. The molecule has 2 rings (SSSR count). The number of likely N-dealkylation sites (N-methyl/N-ethyl adjacent to an activating group) is 1. The van der Waals surface area contributed by atoms with Crippen molar-refractivity contribution < 1.29 is 14.7 Å². The Labute approximate surface area is 113 Å². The summed E-state index contributed by atoms with van der Waals surface area (Å²) in [6.45, 7) is 3.10. The summed E-state index contributed by atoms with van der Waals surface area (Å²) < 4.78 is 0. The van der Waals surface area contributed by atoms with Crippen molar-refractivity contribution in [2.24, 2.45) is 5.92 Å². The molecule has 0 heterocycles. The Morgan fingerprint density at radius 1 is 1.26 bits per heavy atom. The fraction of sp³-hybridized carbons (Fsp3) is 0.467. The van der Waals surface area contributed by atoms with E-state index in [0.29, 0.717) is 0 Å². The largest absolute Gasteiger partial charge is 0.480 e. The summed E-state index contributed by atoms with van der Waals surface area (Å²) in [6.07, 6.45) is 0.808. The van der Waals surface area contributed by atoms with Crippen LogP contribution >= 0.6 is 0 Å². The average Bonchev–Trinajstić information content (AvgIpc) is 3.18. The highest BCUT2D eigenvalue weighted by atomic mass is 16.4. The van der Waals surface area contributed by atoms with Crippen LogP contribution in [0.3, 0.4) is 0 Å². The van der Waals surface area contributed by atoms with Crippen LogP contribution in [0.5, 0.6) is 0 Å². The number of hydrogen-bond donors (Lipinski definition) is 1. The molecule has 0 bridgehead atoms. The quantitative estimate of drug-likeness (QED) is 0.903. The second-order valence-electron chi connectivity index (χ2n) is 5.62. The first-order valence-corrected chi connectivity index (χ1v) is 6.41. The van der Waals surface area contributed by atoms with Crippen molar-refractivity contribution >= 4 is 11.9 Å². The van der Waals surface area contributed by atoms with Crippen LogP contribution in [0, 0.1) is 5.92 Å². The Morgan fingerprint density at radius 3 is 2.37 bits per heavy atom. The minimum Gasteiger partial charge on any atom is -0.480 e.